The van der Waals surface area contributed by atoms with Crippen LogP contribution in [-0.4, -0.2) is 32.8 Å². The predicted octanol–water partition coefficient (Wildman–Crippen LogP) is 3.08. The van der Waals surface area contributed by atoms with Crippen molar-refractivity contribution in [3.63, 3.8) is 0 Å². The Kier molecular flexibility index (Phi) is 4.13. The van der Waals surface area contributed by atoms with Gasteiger partial charge in [0.2, 0.25) is 0 Å². The summed E-state index contributed by atoms with van der Waals surface area (Å²) in [7, 11) is 2.06. The maximum atomic E-state index is 4.81. The molecule has 0 N–H and O–H groups in total. The van der Waals surface area contributed by atoms with E-state index < -0.39 is 0 Å². The summed E-state index contributed by atoms with van der Waals surface area (Å²) in [5, 5.41) is 4.81. The summed E-state index contributed by atoms with van der Waals surface area (Å²) in [5.41, 5.74) is 6.48. The molecule has 3 heterocycles. The predicted molar refractivity (Wildman–Crippen MR) is 95.6 cm³/mol. The van der Waals surface area contributed by atoms with E-state index in [0.29, 0.717) is 0 Å². The Morgan fingerprint density at radius 2 is 1.83 bits per heavy atom. The van der Waals surface area contributed by atoms with Gasteiger partial charge in [-0.15, -0.1) is 0 Å². The van der Waals surface area contributed by atoms with Crippen LogP contribution in [0.5, 0.6) is 0 Å². The summed E-state index contributed by atoms with van der Waals surface area (Å²) in [5.74, 6) is 0. The maximum absolute atomic E-state index is 4.81. The van der Waals surface area contributed by atoms with Gasteiger partial charge in [0.15, 0.2) is 0 Å². The van der Waals surface area contributed by atoms with Crippen molar-refractivity contribution in [2.45, 2.75) is 19.4 Å². The van der Waals surface area contributed by atoms with E-state index in [1.165, 1.54) is 28.1 Å². The van der Waals surface area contributed by atoms with Crippen molar-refractivity contribution in [3.05, 3.63) is 71.7 Å². The minimum Gasteiger partial charge on any atom is -0.298 e. The molecule has 4 rings (SSSR count). The number of aryl methyl sites for hydroxylation is 1. The second kappa shape index (κ2) is 6.57. The molecule has 0 bridgehead atoms. The van der Waals surface area contributed by atoms with E-state index in [4.69, 9.17) is 5.10 Å². The van der Waals surface area contributed by atoms with E-state index in [2.05, 4.69) is 58.0 Å². The molecule has 0 aliphatic carbocycles. The smallest absolute Gasteiger partial charge is 0.0714 e. The highest BCUT2D eigenvalue weighted by Gasteiger charge is 2.22. The molecule has 0 fully saturated rings. The van der Waals surface area contributed by atoms with Crippen LogP contribution >= 0.6 is 0 Å². The van der Waals surface area contributed by atoms with Crippen molar-refractivity contribution in [2.75, 3.05) is 13.1 Å². The fourth-order valence-corrected chi connectivity index (χ4v) is 3.60. The first-order valence-corrected chi connectivity index (χ1v) is 8.52. The highest BCUT2D eigenvalue weighted by atomic mass is 15.3. The third-order valence-electron chi connectivity index (χ3n) is 4.75. The fourth-order valence-electron chi connectivity index (χ4n) is 3.60. The highest BCUT2D eigenvalue weighted by molar-refractivity contribution is 5.64. The van der Waals surface area contributed by atoms with E-state index in [1.54, 1.807) is 0 Å². The van der Waals surface area contributed by atoms with Gasteiger partial charge in [-0.25, -0.2) is 0 Å². The molecule has 0 amide bonds. The van der Waals surface area contributed by atoms with Crippen molar-refractivity contribution in [3.8, 4) is 11.3 Å². The van der Waals surface area contributed by atoms with Crippen LogP contribution in [-0.2, 0) is 26.4 Å². The lowest BCUT2D eigenvalue weighted by molar-refractivity contribution is 0.278. The second-order valence-corrected chi connectivity index (χ2v) is 6.40. The summed E-state index contributed by atoms with van der Waals surface area (Å²) in [6, 6.07) is 14.8. The van der Waals surface area contributed by atoms with Gasteiger partial charge in [0.1, 0.15) is 0 Å². The molecule has 0 atom stereocenters. The standard InChI is InChI=1S/C20H22N4/c1-23-20(17-7-3-2-4-8-17)18-9-12-24(13-10-19(18)22-23)15-16-6-5-11-21-14-16/h2-8,11,14H,9-10,12-13,15H2,1H3. The first-order chi connectivity index (χ1) is 11.8. The zero-order valence-electron chi connectivity index (χ0n) is 14.0. The van der Waals surface area contributed by atoms with E-state index in [0.717, 1.165) is 32.5 Å². The Bertz CT molecular complexity index is 808. The average molecular weight is 318 g/mol. The molecule has 0 saturated heterocycles. The largest absolute Gasteiger partial charge is 0.298 e. The fraction of sp³-hybridized carbons (Fsp3) is 0.300. The molecule has 0 radical (unpaired) electrons. The van der Waals surface area contributed by atoms with Gasteiger partial charge in [-0.05, 0) is 18.1 Å². The Hall–Kier alpha value is -2.46. The third-order valence-corrected chi connectivity index (χ3v) is 4.75. The van der Waals surface area contributed by atoms with E-state index >= 15 is 0 Å². The summed E-state index contributed by atoms with van der Waals surface area (Å²) in [6.45, 7) is 3.07. The quantitative estimate of drug-likeness (QED) is 0.744. The second-order valence-electron chi connectivity index (χ2n) is 6.40. The molecule has 1 aliphatic rings. The third kappa shape index (κ3) is 2.97. The monoisotopic (exact) mass is 318 g/mol. The van der Waals surface area contributed by atoms with Crippen LogP contribution in [0.25, 0.3) is 11.3 Å². The van der Waals surface area contributed by atoms with Gasteiger partial charge in [-0.2, -0.15) is 5.10 Å². The lowest BCUT2D eigenvalue weighted by Gasteiger charge is -2.19. The van der Waals surface area contributed by atoms with Gasteiger partial charge in [0.05, 0.1) is 11.4 Å². The van der Waals surface area contributed by atoms with Crippen LogP contribution in [0.1, 0.15) is 16.8 Å². The number of nitrogens with zero attached hydrogens (tertiary/aromatic N) is 4. The minimum absolute atomic E-state index is 0.963. The number of hydrogen-bond acceptors (Lipinski definition) is 3. The van der Waals surface area contributed by atoms with Crippen molar-refractivity contribution >= 4 is 0 Å². The Morgan fingerprint density at radius 3 is 2.62 bits per heavy atom. The lowest BCUT2D eigenvalue weighted by atomic mass is 10.0. The molecular formula is C20H22N4. The molecule has 1 aromatic carbocycles. The van der Waals surface area contributed by atoms with Crippen molar-refractivity contribution in [1.82, 2.24) is 19.7 Å². The Balaban J connectivity index is 1.57. The van der Waals surface area contributed by atoms with Gasteiger partial charge in [0.25, 0.3) is 0 Å². The van der Waals surface area contributed by atoms with Gasteiger partial charge >= 0.3 is 0 Å². The van der Waals surface area contributed by atoms with Gasteiger partial charge in [0, 0.05) is 56.6 Å². The van der Waals surface area contributed by atoms with Crippen LogP contribution in [0.4, 0.5) is 0 Å². The Morgan fingerprint density at radius 1 is 1.00 bits per heavy atom. The number of rotatable bonds is 3. The van der Waals surface area contributed by atoms with Crippen LogP contribution in [0.3, 0.4) is 0 Å². The van der Waals surface area contributed by atoms with Crippen LogP contribution in [0.2, 0.25) is 0 Å². The summed E-state index contributed by atoms with van der Waals surface area (Å²) >= 11 is 0. The SMILES string of the molecule is Cn1nc2c(c1-c1ccccc1)CCN(Cc1cccnc1)CC2. The molecule has 4 nitrogen and oxygen atoms in total. The van der Waals surface area contributed by atoms with Crippen LogP contribution in [0, 0.1) is 0 Å². The number of fused-ring (bicyclic) bond motifs is 1. The van der Waals surface area contributed by atoms with Crippen molar-refractivity contribution in [1.29, 1.82) is 0 Å². The molecule has 3 aromatic rings. The molecule has 4 heteroatoms. The molecular weight excluding hydrogens is 296 g/mol. The number of hydrogen-bond donors (Lipinski definition) is 0. The normalized spacial score (nSPS) is 15.0. The molecule has 0 saturated carbocycles. The molecule has 24 heavy (non-hydrogen) atoms. The molecule has 2 aromatic heterocycles. The average Bonchev–Trinajstić information content (AvgIpc) is 2.82. The lowest BCUT2D eigenvalue weighted by Crippen LogP contribution is -2.26. The minimum atomic E-state index is 0.963. The summed E-state index contributed by atoms with van der Waals surface area (Å²) in [6.07, 6.45) is 5.85. The van der Waals surface area contributed by atoms with Crippen molar-refractivity contribution in [2.24, 2.45) is 7.05 Å². The van der Waals surface area contributed by atoms with Gasteiger partial charge in [-0.1, -0.05) is 36.4 Å². The zero-order chi connectivity index (χ0) is 16.4. The highest BCUT2D eigenvalue weighted by Crippen LogP contribution is 2.28. The van der Waals surface area contributed by atoms with Crippen molar-refractivity contribution < 1.29 is 0 Å². The van der Waals surface area contributed by atoms with Crippen LogP contribution in [0.15, 0.2) is 54.9 Å². The zero-order valence-corrected chi connectivity index (χ0v) is 14.0. The summed E-state index contributed by atoms with van der Waals surface area (Å²) < 4.78 is 2.05. The molecule has 0 unspecified atom stereocenters. The number of pyridine rings is 1. The van der Waals surface area contributed by atoms with Gasteiger partial charge < -0.3 is 0 Å². The first-order valence-electron chi connectivity index (χ1n) is 8.52. The molecule has 122 valence electrons. The molecule has 0 spiro atoms. The summed E-state index contributed by atoms with van der Waals surface area (Å²) in [4.78, 5) is 6.73. The van der Waals surface area contributed by atoms with E-state index in [9.17, 15) is 0 Å². The number of benzene rings is 1. The van der Waals surface area contributed by atoms with E-state index in [1.807, 2.05) is 18.5 Å². The molecule has 1 aliphatic heterocycles. The number of aromatic nitrogens is 3. The van der Waals surface area contributed by atoms with Gasteiger partial charge in [-0.3, -0.25) is 14.6 Å². The maximum Gasteiger partial charge on any atom is 0.0714 e. The van der Waals surface area contributed by atoms with Crippen LogP contribution < -0.4 is 0 Å². The van der Waals surface area contributed by atoms with E-state index in [-0.39, 0.29) is 0 Å². The first kappa shape index (κ1) is 15.1. The Labute approximate surface area is 142 Å². The topological polar surface area (TPSA) is 34.0 Å².